The summed E-state index contributed by atoms with van der Waals surface area (Å²) in [5, 5.41) is 8.11. The molecule has 6 nitrogen and oxygen atoms in total. The lowest BCUT2D eigenvalue weighted by molar-refractivity contribution is 0.0938. The first kappa shape index (κ1) is 21.3. The van der Waals surface area contributed by atoms with Crippen LogP contribution in [0.1, 0.15) is 44.0 Å². The molecule has 0 aliphatic heterocycles. The minimum Gasteiger partial charge on any atom is -0.349 e. The molecule has 0 aliphatic carbocycles. The first-order valence-corrected chi connectivity index (χ1v) is 10.5. The number of hydrogen-bond donors (Lipinski definition) is 1. The van der Waals surface area contributed by atoms with Gasteiger partial charge in [-0.15, -0.1) is 0 Å². The Morgan fingerprint density at radius 1 is 1.24 bits per heavy atom. The van der Waals surface area contributed by atoms with Gasteiger partial charge in [0.05, 0.1) is 11.9 Å². The monoisotopic (exact) mass is 413 g/mol. The minimum atomic E-state index is -0.154. The van der Waals surface area contributed by atoms with Gasteiger partial charge in [-0.2, -0.15) is 5.10 Å². The molecule has 1 N–H and O–H groups in total. The SMILES string of the molecule is CCN(CC)CCCC(C)NC(=O)c1cnn2c(-c3ccccc3Cl)ccnc12. The van der Waals surface area contributed by atoms with Crippen LogP contribution >= 0.6 is 11.6 Å². The topological polar surface area (TPSA) is 62.5 Å². The number of amides is 1. The van der Waals surface area contributed by atoms with Crippen molar-refractivity contribution in [3.8, 4) is 11.3 Å². The summed E-state index contributed by atoms with van der Waals surface area (Å²) in [6.07, 6.45) is 5.23. The lowest BCUT2D eigenvalue weighted by Gasteiger charge is -2.19. The molecule has 0 aliphatic rings. The highest BCUT2D eigenvalue weighted by Gasteiger charge is 2.18. The molecule has 29 heavy (non-hydrogen) atoms. The molecule has 7 heteroatoms. The molecule has 3 aromatic rings. The Labute approximate surface area is 176 Å². The molecule has 2 aromatic heterocycles. The van der Waals surface area contributed by atoms with E-state index in [0.29, 0.717) is 16.2 Å². The average Bonchev–Trinajstić information content (AvgIpc) is 3.16. The van der Waals surface area contributed by atoms with E-state index >= 15 is 0 Å². The molecule has 0 bridgehead atoms. The lowest BCUT2D eigenvalue weighted by Crippen LogP contribution is -2.33. The molecular weight excluding hydrogens is 386 g/mol. The van der Waals surface area contributed by atoms with Crippen molar-refractivity contribution in [1.29, 1.82) is 0 Å². The number of nitrogens with one attached hydrogen (secondary N) is 1. The van der Waals surface area contributed by atoms with Crippen molar-refractivity contribution in [1.82, 2.24) is 24.8 Å². The predicted molar refractivity (Wildman–Crippen MR) is 117 cm³/mol. The Kier molecular flexibility index (Phi) is 7.23. The number of benzene rings is 1. The smallest absolute Gasteiger partial charge is 0.256 e. The Balaban J connectivity index is 1.73. The van der Waals surface area contributed by atoms with Crippen molar-refractivity contribution < 1.29 is 4.79 Å². The van der Waals surface area contributed by atoms with E-state index in [1.165, 1.54) is 0 Å². The summed E-state index contributed by atoms with van der Waals surface area (Å²) >= 11 is 6.34. The zero-order valence-corrected chi connectivity index (χ0v) is 18.0. The molecule has 2 heterocycles. The number of halogens is 1. The second kappa shape index (κ2) is 9.85. The molecule has 1 aromatic carbocycles. The van der Waals surface area contributed by atoms with Crippen molar-refractivity contribution in [2.24, 2.45) is 0 Å². The van der Waals surface area contributed by atoms with Crippen LogP contribution in [-0.4, -0.2) is 51.1 Å². The van der Waals surface area contributed by atoms with Gasteiger partial charge in [0.1, 0.15) is 5.56 Å². The van der Waals surface area contributed by atoms with Crippen molar-refractivity contribution in [2.45, 2.75) is 39.7 Å². The van der Waals surface area contributed by atoms with Crippen LogP contribution in [0.4, 0.5) is 0 Å². The Bertz CT molecular complexity index is 967. The average molecular weight is 414 g/mol. The van der Waals surface area contributed by atoms with Gasteiger partial charge >= 0.3 is 0 Å². The second-order valence-corrected chi connectivity index (χ2v) is 7.55. The van der Waals surface area contributed by atoms with Gasteiger partial charge in [-0.3, -0.25) is 4.79 Å². The zero-order chi connectivity index (χ0) is 20.8. The quantitative estimate of drug-likeness (QED) is 0.568. The number of aromatic nitrogens is 3. The lowest BCUT2D eigenvalue weighted by atomic mass is 10.1. The van der Waals surface area contributed by atoms with Crippen LogP contribution in [0.15, 0.2) is 42.7 Å². The predicted octanol–water partition coefficient (Wildman–Crippen LogP) is 4.29. The fourth-order valence-electron chi connectivity index (χ4n) is 3.46. The first-order chi connectivity index (χ1) is 14.0. The summed E-state index contributed by atoms with van der Waals surface area (Å²) in [4.78, 5) is 19.6. The molecule has 154 valence electrons. The van der Waals surface area contributed by atoms with Gasteiger partial charge in [-0.05, 0) is 51.5 Å². The van der Waals surface area contributed by atoms with E-state index in [-0.39, 0.29) is 11.9 Å². The van der Waals surface area contributed by atoms with Crippen LogP contribution in [-0.2, 0) is 0 Å². The highest BCUT2D eigenvalue weighted by Crippen LogP contribution is 2.27. The summed E-state index contributed by atoms with van der Waals surface area (Å²) in [5.41, 5.74) is 2.64. The van der Waals surface area contributed by atoms with Crippen LogP contribution in [0.2, 0.25) is 5.02 Å². The third kappa shape index (κ3) is 4.95. The number of carbonyl (C=O) groups excluding carboxylic acids is 1. The van der Waals surface area contributed by atoms with E-state index in [2.05, 4.69) is 34.1 Å². The highest BCUT2D eigenvalue weighted by molar-refractivity contribution is 6.33. The van der Waals surface area contributed by atoms with Gasteiger partial charge in [0.25, 0.3) is 5.91 Å². The van der Waals surface area contributed by atoms with Gasteiger partial charge in [-0.1, -0.05) is 43.6 Å². The molecule has 1 amide bonds. The fraction of sp³-hybridized carbons (Fsp3) is 0.409. The van der Waals surface area contributed by atoms with Crippen molar-refractivity contribution in [3.05, 3.63) is 53.3 Å². The summed E-state index contributed by atoms with van der Waals surface area (Å²) in [5.74, 6) is -0.154. The number of nitrogens with zero attached hydrogens (tertiary/aromatic N) is 4. The molecule has 0 spiro atoms. The number of fused-ring (bicyclic) bond motifs is 1. The molecule has 1 unspecified atom stereocenters. The van der Waals surface area contributed by atoms with Gasteiger partial charge in [-0.25, -0.2) is 9.50 Å². The largest absolute Gasteiger partial charge is 0.349 e. The highest BCUT2D eigenvalue weighted by atomic mass is 35.5. The maximum absolute atomic E-state index is 12.8. The molecule has 0 radical (unpaired) electrons. The standard InChI is InChI=1S/C22H28ClN5O/c1-4-27(5-2)14-8-9-16(3)26-22(29)18-15-25-28-20(12-13-24-21(18)28)17-10-6-7-11-19(17)23/h6-7,10-13,15-16H,4-5,8-9,14H2,1-3H3,(H,26,29). The van der Waals surface area contributed by atoms with Crippen molar-refractivity contribution in [2.75, 3.05) is 19.6 Å². The van der Waals surface area contributed by atoms with Gasteiger partial charge in [0, 0.05) is 22.8 Å². The van der Waals surface area contributed by atoms with E-state index in [9.17, 15) is 4.79 Å². The Morgan fingerprint density at radius 2 is 2.00 bits per heavy atom. The van der Waals surface area contributed by atoms with Gasteiger partial charge in [0.2, 0.25) is 0 Å². The molecule has 0 saturated carbocycles. The Morgan fingerprint density at radius 3 is 2.72 bits per heavy atom. The van der Waals surface area contributed by atoms with E-state index in [0.717, 1.165) is 43.7 Å². The molecule has 3 rings (SSSR count). The van der Waals surface area contributed by atoms with Crippen LogP contribution in [0.25, 0.3) is 16.9 Å². The number of rotatable bonds is 9. The summed E-state index contributed by atoms with van der Waals surface area (Å²) in [6, 6.07) is 9.49. The summed E-state index contributed by atoms with van der Waals surface area (Å²) < 4.78 is 1.67. The first-order valence-electron chi connectivity index (χ1n) is 10.2. The third-order valence-electron chi connectivity index (χ3n) is 5.18. The zero-order valence-electron chi connectivity index (χ0n) is 17.2. The van der Waals surface area contributed by atoms with E-state index < -0.39 is 0 Å². The van der Waals surface area contributed by atoms with E-state index in [1.54, 1.807) is 16.9 Å². The van der Waals surface area contributed by atoms with Crippen molar-refractivity contribution >= 4 is 23.2 Å². The van der Waals surface area contributed by atoms with Crippen LogP contribution in [0.3, 0.4) is 0 Å². The van der Waals surface area contributed by atoms with Gasteiger partial charge < -0.3 is 10.2 Å². The maximum atomic E-state index is 12.8. The fourth-order valence-corrected chi connectivity index (χ4v) is 3.69. The van der Waals surface area contributed by atoms with Crippen molar-refractivity contribution in [3.63, 3.8) is 0 Å². The normalized spacial score (nSPS) is 12.4. The third-order valence-corrected chi connectivity index (χ3v) is 5.51. The van der Waals surface area contributed by atoms with E-state index in [4.69, 9.17) is 11.6 Å². The van der Waals surface area contributed by atoms with Crippen LogP contribution in [0.5, 0.6) is 0 Å². The van der Waals surface area contributed by atoms with Gasteiger partial charge in [0.15, 0.2) is 5.65 Å². The number of carbonyl (C=O) groups is 1. The van der Waals surface area contributed by atoms with Crippen LogP contribution in [0, 0.1) is 0 Å². The maximum Gasteiger partial charge on any atom is 0.256 e. The molecule has 0 fully saturated rings. The molecule has 0 saturated heterocycles. The minimum absolute atomic E-state index is 0.0831. The molecular formula is C22H28ClN5O. The summed E-state index contributed by atoms with van der Waals surface area (Å²) in [7, 11) is 0. The van der Waals surface area contributed by atoms with E-state index in [1.807, 2.05) is 37.3 Å². The Hall–Kier alpha value is -2.44. The second-order valence-electron chi connectivity index (χ2n) is 7.15. The van der Waals surface area contributed by atoms with Crippen LogP contribution < -0.4 is 5.32 Å². The number of hydrogen-bond acceptors (Lipinski definition) is 4. The molecule has 1 atom stereocenters. The summed E-state index contributed by atoms with van der Waals surface area (Å²) in [6.45, 7) is 9.53.